The fourth-order valence-corrected chi connectivity index (χ4v) is 4.02. The second-order valence-corrected chi connectivity index (χ2v) is 8.15. The van der Waals surface area contributed by atoms with E-state index in [4.69, 9.17) is 9.26 Å². The molecular formula is C24H23N3O6. The summed E-state index contributed by atoms with van der Waals surface area (Å²) >= 11 is 0. The first-order valence-electron chi connectivity index (χ1n) is 10.4. The molecule has 0 saturated carbocycles. The van der Waals surface area contributed by atoms with Gasteiger partial charge < -0.3 is 9.26 Å². The zero-order valence-electron chi connectivity index (χ0n) is 19.0. The van der Waals surface area contributed by atoms with Crippen LogP contribution in [0.2, 0.25) is 0 Å². The molecule has 1 atom stereocenters. The first-order chi connectivity index (χ1) is 15.6. The minimum Gasteiger partial charge on any atom is -0.456 e. The zero-order chi connectivity index (χ0) is 24.0. The normalized spacial score (nSPS) is 13.9. The quantitative estimate of drug-likeness (QED) is 0.323. The van der Waals surface area contributed by atoms with E-state index in [-0.39, 0.29) is 11.1 Å². The summed E-state index contributed by atoms with van der Waals surface area (Å²) in [5.41, 5.74) is 3.11. The molecule has 3 heterocycles. The van der Waals surface area contributed by atoms with E-state index in [1.165, 1.54) is 6.92 Å². The molecule has 0 saturated heterocycles. The van der Waals surface area contributed by atoms with E-state index < -0.39 is 36.2 Å². The highest BCUT2D eigenvalue weighted by Crippen LogP contribution is 2.26. The molecule has 0 fully saturated rings. The van der Waals surface area contributed by atoms with Crippen molar-refractivity contribution in [3.05, 3.63) is 69.7 Å². The number of carbonyl (C=O) groups excluding carboxylic acids is 4. The van der Waals surface area contributed by atoms with E-state index in [1.54, 1.807) is 48.7 Å². The summed E-state index contributed by atoms with van der Waals surface area (Å²) in [6.45, 7) is 8.05. The van der Waals surface area contributed by atoms with Crippen LogP contribution in [0.25, 0.3) is 5.82 Å². The molecule has 0 radical (unpaired) electrons. The van der Waals surface area contributed by atoms with Gasteiger partial charge in [0.05, 0.1) is 11.1 Å². The number of fused-ring (bicyclic) bond motifs is 1. The highest BCUT2D eigenvalue weighted by atomic mass is 16.5. The first kappa shape index (κ1) is 22.2. The van der Waals surface area contributed by atoms with E-state index in [0.29, 0.717) is 22.8 Å². The highest BCUT2D eigenvalue weighted by molar-refractivity contribution is 6.22. The summed E-state index contributed by atoms with van der Waals surface area (Å²) in [6, 6.07) is 7.18. The molecule has 33 heavy (non-hydrogen) atoms. The van der Waals surface area contributed by atoms with Gasteiger partial charge in [-0.05, 0) is 52.8 Å². The number of Topliss-reactive ketones (excluding diaryl/α,β-unsaturated/α-hetero) is 1. The molecule has 0 aliphatic carbocycles. The van der Waals surface area contributed by atoms with Crippen LogP contribution in [-0.2, 0) is 9.53 Å². The van der Waals surface area contributed by atoms with E-state index in [9.17, 15) is 19.2 Å². The van der Waals surface area contributed by atoms with Gasteiger partial charge >= 0.3 is 5.97 Å². The van der Waals surface area contributed by atoms with E-state index in [0.717, 1.165) is 16.2 Å². The van der Waals surface area contributed by atoms with Gasteiger partial charge in [0.2, 0.25) is 5.78 Å². The molecule has 2 aromatic heterocycles. The minimum absolute atomic E-state index is 0.247. The van der Waals surface area contributed by atoms with Crippen LogP contribution < -0.4 is 0 Å². The summed E-state index contributed by atoms with van der Waals surface area (Å²) in [5.74, 6) is -1.17. The molecule has 9 heteroatoms. The van der Waals surface area contributed by atoms with Crippen molar-refractivity contribution >= 4 is 23.6 Å². The number of imide groups is 1. The number of esters is 1. The second-order valence-electron chi connectivity index (χ2n) is 8.15. The summed E-state index contributed by atoms with van der Waals surface area (Å²) in [4.78, 5) is 51.6. The molecule has 1 aliphatic rings. The second kappa shape index (κ2) is 8.16. The van der Waals surface area contributed by atoms with Gasteiger partial charge in [-0.1, -0.05) is 16.8 Å². The van der Waals surface area contributed by atoms with Crippen LogP contribution in [-0.4, -0.2) is 50.8 Å². The Balaban J connectivity index is 1.46. The van der Waals surface area contributed by atoms with Crippen LogP contribution >= 0.6 is 0 Å². The third kappa shape index (κ3) is 3.75. The lowest BCUT2D eigenvalue weighted by molar-refractivity contribution is -0.146. The van der Waals surface area contributed by atoms with Crippen LogP contribution in [0.3, 0.4) is 0 Å². The zero-order valence-corrected chi connectivity index (χ0v) is 19.0. The van der Waals surface area contributed by atoms with Crippen molar-refractivity contribution in [3.63, 3.8) is 0 Å². The molecule has 170 valence electrons. The van der Waals surface area contributed by atoms with Gasteiger partial charge in [-0.3, -0.25) is 23.9 Å². The number of ketones is 1. The van der Waals surface area contributed by atoms with Gasteiger partial charge in [0.1, 0.15) is 11.8 Å². The van der Waals surface area contributed by atoms with Crippen molar-refractivity contribution in [2.24, 2.45) is 0 Å². The molecule has 2 amide bonds. The monoisotopic (exact) mass is 449 g/mol. The number of carbonyl (C=O) groups is 4. The first-order valence-corrected chi connectivity index (χ1v) is 10.4. The summed E-state index contributed by atoms with van der Waals surface area (Å²) < 4.78 is 12.1. The van der Waals surface area contributed by atoms with Crippen LogP contribution in [0.15, 0.2) is 34.9 Å². The molecule has 1 aromatic carbocycles. The van der Waals surface area contributed by atoms with Crippen molar-refractivity contribution in [3.8, 4) is 5.82 Å². The van der Waals surface area contributed by atoms with Gasteiger partial charge in [0.25, 0.3) is 11.8 Å². The van der Waals surface area contributed by atoms with E-state index >= 15 is 0 Å². The Labute approximate surface area is 189 Å². The van der Waals surface area contributed by atoms with Crippen LogP contribution in [0.5, 0.6) is 0 Å². The molecule has 1 unspecified atom stereocenters. The highest BCUT2D eigenvalue weighted by Gasteiger charge is 2.41. The minimum atomic E-state index is -1.17. The number of rotatable bonds is 6. The lowest BCUT2D eigenvalue weighted by atomic mass is 10.1. The maximum Gasteiger partial charge on any atom is 0.329 e. The predicted octanol–water partition coefficient (Wildman–Crippen LogP) is 3.11. The number of hydrogen-bond acceptors (Lipinski definition) is 7. The molecule has 4 rings (SSSR count). The Morgan fingerprint density at radius 1 is 1.03 bits per heavy atom. The largest absolute Gasteiger partial charge is 0.456 e. The van der Waals surface area contributed by atoms with Crippen molar-refractivity contribution in [2.75, 3.05) is 6.61 Å². The molecule has 3 aromatic rings. The number of benzene rings is 1. The molecule has 1 aliphatic heterocycles. The summed E-state index contributed by atoms with van der Waals surface area (Å²) in [6.07, 6.45) is 0. The number of amides is 2. The Morgan fingerprint density at radius 3 is 2.39 bits per heavy atom. The van der Waals surface area contributed by atoms with Crippen molar-refractivity contribution < 1.29 is 28.4 Å². The smallest absolute Gasteiger partial charge is 0.329 e. The predicted molar refractivity (Wildman–Crippen MR) is 116 cm³/mol. The number of aromatic nitrogens is 2. The third-order valence-electron chi connectivity index (χ3n) is 5.72. The van der Waals surface area contributed by atoms with Crippen LogP contribution in [0, 0.1) is 27.7 Å². The number of aryl methyl sites for hydroxylation is 3. The van der Waals surface area contributed by atoms with E-state index in [1.807, 2.05) is 13.8 Å². The van der Waals surface area contributed by atoms with Gasteiger partial charge in [-0.15, -0.1) is 0 Å². The lowest BCUT2D eigenvalue weighted by Crippen LogP contribution is -2.44. The number of hydrogen-bond donors (Lipinski definition) is 0. The third-order valence-corrected chi connectivity index (χ3v) is 5.72. The number of ether oxygens (including phenoxy) is 1. The molecule has 9 nitrogen and oxygen atoms in total. The number of nitrogens with zero attached hydrogens (tertiary/aromatic N) is 3. The van der Waals surface area contributed by atoms with E-state index in [2.05, 4.69) is 5.16 Å². The lowest BCUT2D eigenvalue weighted by Gasteiger charge is -2.20. The van der Waals surface area contributed by atoms with Crippen molar-refractivity contribution in [1.82, 2.24) is 14.6 Å². The Bertz CT molecular complexity index is 1320. The van der Waals surface area contributed by atoms with Crippen molar-refractivity contribution in [1.29, 1.82) is 0 Å². The standard InChI is InChI=1S/C24H23N3O6/c1-12-6-7-17-19(8-12)23(30)27(22(17)29)16(5)24(31)32-11-20(28)18-9-13(2)26(15(18)4)21-10-14(3)33-25-21/h6-10,16H,11H2,1-5H3. The molecule has 0 N–H and O–H groups in total. The van der Waals surface area contributed by atoms with Gasteiger partial charge in [-0.2, -0.15) is 0 Å². The Kier molecular flexibility index (Phi) is 5.49. The maximum atomic E-state index is 12.8. The Morgan fingerprint density at radius 2 is 1.73 bits per heavy atom. The van der Waals surface area contributed by atoms with Gasteiger partial charge in [-0.25, -0.2) is 4.79 Å². The van der Waals surface area contributed by atoms with Crippen molar-refractivity contribution in [2.45, 2.75) is 40.7 Å². The molecule has 0 bridgehead atoms. The maximum absolute atomic E-state index is 12.8. The van der Waals surface area contributed by atoms with Gasteiger partial charge in [0, 0.05) is 23.0 Å². The average Bonchev–Trinajstić information content (AvgIpc) is 3.39. The summed E-state index contributed by atoms with van der Waals surface area (Å²) in [5, 5.41) is 3.98. The Hall–Kier alpha value is -4.01. The van der Waals surface area contributed by atoms with Crippen LogP contribution in [0.4, 0.5) is 0 Å². The SMILES string of the molecule is Cc1ccc2c(c1)C(=O)N(C(C)C(=O)OCC(=O)c1cc(C)n(-c3cc(C)on3)c1C)C2=O. The van der Waals surface area contributed by atoms with Crippen LogP contribution in [0.1, 0.15) is 60.7 Å². The topological polar surface area (TPSA) is 112 Å². The fourth-order valence-electron chi connectivity index (χ4n) is 4.02. The van der Waals surface area contributed by atoms with Gasteiger partial charge in [0.15, 0.2) is 12.4 Å². The fraction of sp³-hybridized carbons (Fsp3) is 0.292. The summed E-state index contributed by atoms with van der Waals surface area (Å²) in [7, 11) is 0. The molecular weight excluding hydrogens is 426 g/mol. The average molecular weight is 449 g/mol. The molecule has 0 spiro atoms.